The molecule has 1 aliphatic heterocycles. The number of rotatable bonds is 6. The lowest BCUT2D eigenvalue weighted by Crippen LogP contribution is -2.45. The van der Waals surface area contributed by atoms with Crippen LogP contribution in [0.2, 0.25) is 0 Å². The van der Waals surface area contributed by atoms with Gasteiger partial charge in [0.1, 0.15) is 5.75 Å². The van der Waals surface area contributed by atoms with E-state index < -0.39 is 11.8 Å². The number of amides is 2. The van der Waals surface area contributed by atoms with E-state index in [4.69, 9.17) is 4.74 Å². The number of piperidine rings is 1. The lowest BCUT2D eigenvalue weighted by Gasteiger charge is -2.36. The Labute approximate surface area is 161 Å². The molecule has 6 nitrogen and oxygen atoms in total. The summed E-state index contributed by atoms with van der Waals surface area (Å²) >= 11 is 0. The average Bonchev–Trinajstić information content (AvgIpc) is 3.25. The summed E-state index contributed by atoms with van der Waals surface area (Å²) in [5, 5.41) is 5.47. The smallest absolute Gasteiger partial charge is 0.309 e. The van der Waals surface area contributed by atoms with Crippen molar-refractivity contribution in [3.8, 4) is 5.75 Å². The van der Waals surface area contributed by atoms with Gasteiger partial charge in [-0.15, -0.1) is 0 Å². The zero-order chi connectivity index (χ0) is 19.1. The van der Waals surface area contributed by atoms with Gasteiger partial charge in [0.15, 0.2) is 0 Å². The quantitative estimate of drug-likeness (QED) is 0.749. The molecule has 1 aromatic carbocycles. The molecule has 2 fully saturated rings. The highest BCUT2D eigenvalue weighted by Crippen LogP contribution is 2.27. The summed E-state index contributed by atoms with van der Waals surface area (Å²) in [7, 11) is 1.59. The van der Waals surface area contributed by atoms with Gasteiger partial charge in [-0.1, -0.05) is 31.0 Å². The minimum absolute atomic E-state index is 0.274. The van der Waals surface area contributed by atoms with Crippen LogP contribution in [0.15, 0.2) is 24.3 Å². The van der Waals surface area contributed by atoms with Crippen molar-refractivity contribution < 1.29 is 14.3 Å². The number of hydrogen-bond donors (Lipinski definition) is 2. The number of hydrogen-bond acceptors (Lipinski definition) is 4. The van der Waals surface area contributed by atoms with Crippen LogP contribution in [0.25, 0.3) is 0 Å². The third kappa shape index (κ3) is 5.45. The number of carbonyl (C=O) groups is 2. The predicted octanol–water partition coefficient (Wildman–Crippen LogP) is 2.08. The molecule has 0 radical (unpaired) electrons. The van der Waals surface area contributed by atoms with Gasteiger partial charge in [-0.3, -0.25) is 9.59 Å². The van der Waals surface area contributed by atoms with Crippen molar-refractivity contribution in [2.24, 2.45) is 5.92 Å². The maximum absolute atomic E-state index is 12.1. The van der Waals surface area contributed by atoms with Gasteiger partial charge in [0, 0.05) is 24.7 Å². The van der Waals surface area contributed by atoms with Crippen LogP contribution < -0.4 is 15.4 Å². The van der Waals surface area contributed by atoms with Crippen molar-refractivity contribution >= 4 is 11.8 Å². The zero-order valence-electron chi connectivity index (χ0n) is 16.2. The largest absolute Gasteiger partial charge is 0.496 e. The second-order valence-corrected chi connectivity index (χ2v) is 7.62. The van der Waals surface area contributed by atoms with Crippen LogP contribution in [-0.4, -0.2) is 49.5 Å². The van der Waals surface area contributed by atoms with Gasteiger partial charge in [0.25, 0.3) is 0 Å². The molecule has 2 aliphatic rings. The van der Waals surface area contributed by atoms with Gasteiger partial charge in [0.05, 0.1) is 7.11 Å². The molecular weight excluding hydrogens is 342 g/mol. The highest BCUT2D eigenvalue weighted by Gasteiger charge is 2.27. The van der Waals surface area contributed by atoms with Crippen molar-refractivity contribution in [3.63, 3.8) is 0 Å². The van der Waals surface area contributed by atoms with Crippen LogP contribution in [-0.2, 0) is 16.1 Å². The summed E-state index contributed by atoms with van der Waals surface area (Å²) in [6, 6.07) is 8.23. The SMILES string of the molecule is COc1ccccc1CNC(=O)C(=O)NCC1CCN(C2CCCC2)CC1. The van der Waals surface area contributed by atoms with Crippen LogP contribution in [0.1, 0.15) is 44.1 Å². The molecule has 0 bridgehead atoms. The normalized spacial score (nSPS) is 19.0. The van der Waals surface area contributed by atoms with Gasteiger partial charge < -0.3 is 20.3 Å². The molecule has 0 aromatic heterocycles. The number of likely N-dealkylation sites (tertiary alicyclic amines) is 1. The maximum atomic E-state index is 12.1. The fourth-order valence-electron chi connectivity index (χ4n) is 4.21. The van der Waals surface area contributed by atoms with Crippen LogP contribution in [0.3, 0.4) is 0 Å². The fraction of sp³-hybridized carbons (Fsp3) is 0.619. The van der Waals surface area contributed by atoms with Crippen molar-refractivity contribution in [1.82, 2.24) is 15.5 Å². The summed E-state index contributed by atoms with van der Waals surface area (Å²) in [4.78, 5) is 26.7. The van der Waals surface area contributed by atoms with Gasteiger partial charge in [-0.25, -0.2) is 0 Å². The molecular formula is C21H31N3O3. The van der Waals surface area contributed by atoms with E-state index in [0.717, 1.165) is 37.5 Å². The van der Waals surface area contributed by atoms with Gasteiger partial charge >= 0.3 is 11.8 Å². The van der Waals surface area contributed by atoms with Crippen molar-refractivity contribution in [1.29, 1.82) is 0 Å². The van der Waals surface area contributed by atoms with Crippen LogP contribution >= 0.6 is 0 Å². The summed E-state index contributed by atoms with van der Waals surface area (Å²) < 4.78 is 5.25. The highest BCUT2D eigenvalue weighted by atomic mass is 16.5. The number of carbonyl (C=O) groups excluding carboxylic acids is 2. The number of benzene rings is 1. The van der Waals surface area contributed by atoms with E-state index in [2.05, 4.69) is 15.5 Å². The fourth-order valence-corrected chi connectivity index (χ4v) is 4.21. The second kappa shape index (κ2) is 9.74. The standard InChI is InChI=1S/C21H31N3O3/c1-27-19-9-5-2-6-17(19)15-23-21(26)20(25)22-14-16-10-12-24(13-11-16)18-7-3-4-8-18/h2,5-6,9,16,18H,3-4,7-8,10-15H2,1H3,(H,22,25)(H,23,26). The molecule has 1 aliphatic carbocycles. The Balaban J connectivity index is 1.36. The topological polar surface area (TPSA) is 70.7 Å². The van der Waals surface area contributed by atoms with E-state index in [9.17, 15) is 9.59 Å². The van der Waals surface area contributed by atoms with E-state index in [1.54, 1.807) is 7.11 Å². The first-order chi connectivity index (χ1) is 13.2. The van der Waals surface area contributed by atoms with E-state index in [1.807, 2.05) is 24.3 Å². The van der Waals surface area contributed by atoms with E-state index in [0.29, 0.717) is 18.2 Å². The molecule has 148 valence electrons. The first-order valence-corrected chi connectivity index (χ1v) is 10.1. The molecule has 1 saturated heterocycles. The Morgan fingerprint density at radius 1 is 1.04 bits per heavy atom. The van der Waals surface area contributed by atoms with Crippen molar-refractivity contribution in [3.05, 3.63) is 29.8 Å². The van der Waals surface area contributed by atoms with Gasteiger partial charge in [-0.2, -0.15) is 0 Å². The van der Waals surface area contributed by atoms with Crippen LogP contribution in [0, 0.1) is 5.92 Å². The Morgan fingerprint density at radius 2 is 1.70 bits per heavy atom. The Morgan fingerprint density at radius 3 is 2.41 bits per heavy atom. The third-order valence-electron chi connectivity index (χ3n) is 5.88. The molecule has 1 heterocycles. The average molecular weight is 373 g/mol. The molecule has 6 heteroatoms. The van der Waals surface area contributed by atoms with E-state index in [-0.39, 0.29) is 6.54 Å². The summed E-state index contributed by atoms with van der Waals surface area (Å²) in [5.74, 6) is 0.0215. The van der Waals surface area contributed by atoms with E-state index in [1.165, 1.54) is 25.7 Å². The van der Waals surface area contributed by atoms with Crippen molar-refractivity contribution in [2.45, 2.75) is 51.1 Å². The van der Waals surface area contributed by atoms with Crippen LogP contribution in [0.5, 0.6) is 5.75 Å². The molecule has 1 saturated carbocycles. The first-order valence-electron chi connectivity index (χ1n) is 10.1. The molecule has 0 unspecified atom stereocenters. The Hall–Kier alpha value is -2.08. The number of nitrogens with zero attached hydrogens (tertiary/aromatic N) is 1. The number of para-hydroxylation sites is 1. The molecule has 3 rings (SSSR count). The monoisotopic (exact) mass is 373 g/mol. The van der Waals surface area contributed by atoms with Crippen LogP contribution in [0.4, 0.5) is 0 Å². The lowest BCUT2D eigenvalue weighted by atomic mass is 9.95. The number of ether oxygens (including phenoxy) is 1. The molecule has 2 N–H and O–H groups in total. The molecule has 27 heavy (non-hydrogen) atoms. The minimum atomic E-state index is -0.593. The highest BCUT2D eigenvalue weighted by molar-refractivity contribution is 6.35. The van der Waals surface area contributed by atoms with Gasteiger partial charge in [-0.05, 0) is 50.8 Å². The molecule has 0 atom stereocenters. The maximum Gasteiger partial charge on any atom is 0.309 e. The lowest BCUT2D eigenvalue weighted by molar-refractivity contribution is -0.139. The summed E-state index contributed by atoms with van der Waals surface area (Å²) in [5.41, 5.74) is 0.848. The summed E-state index contributed by atoms with van der Waals surface area (Å²) in [6.07, 6.45) is 7.61. The van der Waals surface area contributed by atoms with E-state index >= 15 is 0 Å². The number of methoxy groups -OCH3 is 1. The minimum Gasteiger partial charge on any atom is -0.496 e. The Bertz CT molecular complexity index is 635. The molecule has 1 aromatic rings. The first kappa shape index (κ1) is 19.7. The Kier molecular flexibility index (Phi) is 7.10. The second-order valence-electron chi connectivity index (χ2n) is 7.62. The van der Waals surface area contributed by atoms with Gasteiger partial charge in [0.2, 0.25) is 0 Å². The summed E-state index contributed by atoms with van der Waals surface area (Å²) in [6.45, 7) is 3.09. The third-order valence-corrected chi connectivity index (χ3v) is 5.88. The van der Waals surface area contributed by atoms with Crippen molar-refractivity contribution in [2.75, 3.05) is 26.7 Å². The predicted molar refractivity (Wildman–Crippen MR) is 104 cm³/mol. The number of nitrogens with one attached hydrogen (secondary N) is 2. The molecule has 0 spiro atoms. The zero-order valence-corrected chi connectivity index (χ0v) is 16.2. The molecule has 2 amide bonds.